The van der Waals surface area contributed by atoms with E-state index in [-0.39, 0.29) is 12.4 Å². The minimum atomic E-state index is -0.377. The van der Waals surface area contributed by atoms with E-state index in [1.807, 2.05) is 12.1 Å². The van der Waals surface area contributed by atoms with Gasteiger partial charge in [-0.15, -0.1) is 0 Å². The maximum atomic E-state index is 14.9. The van der Waals surface area contributed by atoms with Gasteiger partial charge in [0, 0.05) is 37.1 Å². The Bertz CT molecular complexity index is 1330. The van der Waals surface area contributed by atoms with Crippen molar-refractivity contribution >= 4 is 16.6 Å². The number of pyridine rings is 1. The molecule has 0 atom stereocenters. The van der Waals surface area contributed by atoms with Crippen LogP contribution >= 0.6 is 0 Å². The molecule has 0 saturated carbocycles. The third-order valence-corrected chi connectivity index (χ3v) is 6.35. The van der Waals surface area contributed by atoms with Crippen LogP contribution in [0.3, 0.4) is 0 Å². The van der Waals surface area contributed by atoms with Gasteiger partial charge in [-0.3, -0.25) is 10.1 Å². The number of benzene rings is 2. The fourth-order valence-corrected chi connectivity index (χ4v) is 4.54. The maximum absolute atomic E-state index is 14.9. The smallest absolute Gasteiger partial charge is 0.143 e. The number of H-pyrrole nitrogens is 1. The van der Waals surface area contributed by atoms with Gasteiger partial charge in [0.05, 0.1) is 28.7 Å². The van der Waals surface area contributed by atoms with E-state index in [4.69, 9.17) is 9.47 Å². The van der Waals surface area contributed by atoms with Gasteiger partial charge in [0.25, 0.3) is 0 Å². The summed E-state index contributed by atoms with van der Waals surface area (Å²) >= 11 is 0. The lowest BCUT2D eigenvalue weighted by atomic mass is 10.0. The Morgan fingerprint density at radius 3 is 2.64 bits per heavy atom. The number of nitrogens with zero attached hydrogens (tertiary/aromatic N) is 4. The van der Waals surface area contributed by atoms with Gasteiger partial charge in [-0.05, 0) is 37.4 Å². The molecule has 2 aliphatic heterocycles. The third kappa shape index (κ3) is 3.56. The number of anilines is 1. The zero-order valence-corrected chi connectivity index (χ0v) is 18.3. The van der Waals surface area contributed by atoms with E-state index in [9.17, 15) is 4.39 Å². The summed E-state index contributed by atoms with van der Waals surface area (Å²) in [6.45, 7) is 4.52. The van der Waals surface area contributed by atoms with Crippen LogP contribution < -0.4 is 14.4 Å². The first-order valence-corrected chi connectivity index (χ1v) is 11.1. The average molecular weight is 445 g/mol. The molecule has 0 aliphatic carbocycles. The van der Waals surface area contributed by atoms with Crippen molar-refractivity contribution in [2.45, 2.75) is 0 Å². The van der Waals surface area contributed by atoms with Gasteiger partial charge in [-0.1, -0.05) is 12.1 Å². The lowest BCUT2D eigenvalue weighted by Gasteiger charge is -2.35. The number of likely N-dealkylation sites (N-methyl/N-ethyl adjacent to an activating group) is 1. The Balaban J connectivity index is 1.49. The molecule has 2 aromatic carbocycles. The van der Waals surface area contributed by atoms with Crippen LogP contribution in [0.5, 0.6) is 11.5 Å². The van der Waals surface area contributed by atoms with E-state index < -0.39 is 0 Å². The number of hydrogen-bond donors (Lipinski definition) is 1. The van der Waals surface area contributed by atoms with Gasteiger partial charge in [0.15, 0.2) is 0 Å². The van der Waals surface area contributed by atoms with Crippen LogP contribution in [0.2, 0.25) is 0 Å². The molecule has 1 N–H and O–H groups in total. The molecule has 1 saturated heterocycles. The second-order valence-electron chi connectivity index (χ2n) is 8.47. The van der Waals surface area contributed by atoms with E-state index in [0.29, 0.717) is 23.6 Å². The van der Waals surface area contributed by atoms with Crippen molar-refractivity contribution in [1.29, 1.82) is 0 Å². The van der Waals surface area contributed by atoms with E-state index in [1.165, 1.54) is 6.07 Å². The Kier molecular flexibility index (Phi) is 4.87. The Morgan fingerprint density at radius 2 is 1.79 bits per heavy atom. The summed E-state index contributed by atoms with van der Waals surface area (Å²) < 4.78 is 27.0. The van der Waals surface area contributed by atoms with Crippen LogP contribution in [-0.4, -0.2) is 66.5 Å². The molecule has 168 valence electrons. The Labute approximate surface area is 190 Å². The lowest BCUT2D eigenvalue weighted by molar-refractivity contribution is 0.217. The highest BCUT2D eigenvalue weighted by Gasteiger charge is 2.21. The highest BCUT2D eigenvalue weighted by atomic mass is 19.1. The fourth-order valence-electron chi connectivity index (χ4n) is 4.54. The van der Waals surface area contributed by atoms with Crippen LogP contribution in [0, 0.1) is 5.82 Å². The van der Waals surface area contributed by atoms with E-state index in [0.717, 1.165) is 59.8 Å². The molecule has 1 fully saturated rings. The minimum Gasteiger partial charge on any atom is -0.489 e. The van der Waals surface area contributed by atoms with Crippen LogP contribution in [0.15, 0.2) is 48.7 Å². The van der Waals surface area contributed by atoms with Crippen molar-refractivity contribution < 1.29 is 13.9 Å². The van der Waals surface area contributed by atoms with Gasteiger partial charge in [-0.2, -0.15) is 5.10 Å². The highest BCUT2D eigenvalue weighted by molar-refractivity contribution is 5.95. The standard InChI is InChI=1S/C25H24FN5O2/c1-30-7-9-31(10-8-30)21-6-5-16-13-23(21)33-12-11-32-22-4-2-3-18(26)24(22)19-14-17-20(15-27-19)28-29-25(16)17/h2-6,13-15H,7-12H2,1H3,(H,28,29). The van der Waals surface area contributed by atoms with Gasteiger partial charge in [-0.25, -0.2) is 4.39 Å². The Hall–Kier alpha value is -3.65. The second-order valence-corrected chi connectivity index (χ2v) is 8.47. The number of aromatic amines is 1. The van der Waals surface area contributed by atoms with E-state index in [1.54, 1.807) is 18.3 Å². The van der Waals surface area contributed by atoms with Crippen LogP contribution in [0.25, 0.3) is 33.4 Å². The number of ether oxygens (including phenoxy) is 2. The molecule has 2 aromatic heterocycles. The number of piperazine rings is 1. The van der Waals surface area contributed by atoms with Gasteiger partial charge in [0.2, 0.25) is 0 Å². The van der Waals surface area contributed by atoms with Crippen molar-refractivity contribution in [1.82, 2.24) is 20.1 Å². The van der Waals surface area contributed by atoms with Crippen molar-refractivity contribution in [3.05, 3.63) is 54.5 Å². The number of rotatable bonds is 1. The number of nitrogens with one attached hydrogen (secondary N) is 1. The van der Waals surface area contributed by atoms with E-state index in [2.05, 4.69) is 44.2 Å². The summed E-state index contributed by atoms with van der Waals surface area (Å²) in [6.07, 6.45) is 1.69. The largest absolute Gasteiger partial charge is 0.489 e. The molecule has 0 amide bonds. The normalized spacial score (nSPS) is 16.4. The van der Waals surface area contributed by atoms with Crippen molar-refractivity contribution in [2.24, 2.45) is 0 Å². The monoisotopic (exact) mass is 445 g/mol. The minimum absolute atomic E-state index is 0.288. The predicted molar refractivity (Wildman–Crippen MR) is 125 cm³/mol. The van der Waals surface area contributed by atoms with E-state index >= 15 is 0 Å². The quantitative estimate of drug-likeness (QED) is 0.479. The van der Waals surface area contributed by atoms with Crippen molar-refractivity contribution in [2.75, 3.05) is 51.3 Å². The Morgan fingerprint density at radius 1 is 0.970 bits per heavy atom. The molecule has 0 spiro atoms. The summed E-state index contributed by atoms with van der Waals surface area (Å²) in [7, 11) is 2.14. The fraction of sp³-hybridized carbons (Fsp3) is 0.280. The lowest BCUT2D eigenvalue weighted by Crippen LogP contribution is -2.44. The molecule has 8 heteroatoms. The molecule has 4 heterocycles. The predicted octanol–water partition coefficient (Wildman–Crippen LogP) is 3.95. The van der Waals surface area contributed by atoms with Crippen LogP contribution in [-0.2, 0) is 0 Å². The number of hydrogen-bond acceptors (Lipinski definition) is 6. The zero-order chi connectivity index (χ0) is 22.4. The molecule has 4 aromatic rings. The number of aromatic nitrogens is 3. The summed E-state index contributed by atoms with van der Waals surface area (Å²) in [5.41, 5.74) is 4.41. The molecule has 33 heavy (non-hydrogen) atoms. The number of fused-ring (bicyclic) bond motifs is 6. The molecule has 4 bridgehead atoms. The summed E-state index contributed by atoms with van der Waals surface area (Å²) in [6, 6.07) is 12.9. The first-order chi connectivity index (χ1) is 16.2. The molecular weight excluding hydrogens is 421 g/mol. The van der Waals surface area contributed by atoms with Gasteiger partial charge < -0.3 is 19.3 Å². The maximum Gasteiger partial charge on any atom is 0.143 e. The molecule has 7 nitrogen and oxygen atoms in total. The molecule has 6 rings (SSSR count). The van der Waals surface area contributed by atoms with Crippen molar-refractivity contribution in [3.8, 4) is 34.0 Å². The number of halogens is 1. The van der Waals surface area contributed by atoms with Crippen LogP contribution in [0.1, 0.15) is 0 Å². The molecule has 0 unspecified atom stereocenters. The SMILES string of the molecule is CN1CCN(c2ccc3cc2OCCOc2cccc(F)c2-c2cc4c-3n[nH]c4cn2)CC1. The summed E-state index contributed by atoms with van der Waals surface area (Å²) in [5, 5.41) is 8.46. The average Bonchev–Trinajstić information content (AvgIpc) is 3.25. The summed E-state index contributed by atoms with van der Waals surface area (Å²) in [5.74, 6) is 0.864. The van der Waals surface area contributed by atoms with Crippen LogP contribution in [0.4, 0.5) is 10.1 Å². The topological polar surface area (TPSA) is 66.5 Å². The molecular formula is C25H24FN5O2. The van der Waals surface area contributed by atoms with Crippen molar-refractivity contribution in [3.63, 3.8) is 0 Å². The second kappa shape index (κ2) is 8.04. The first kappa shape index (κ1) is 20.0. The van der Waals surface area contributed by atoms with Gasteiger partial charge >= 0.3 is 0 Å². The first-order valence-electron chi connectivity index (χ1n) is 11.1. The zero-order valence-electron chi connectivity index (χ0n) is 18.3. The highest BCUT2D eigenvalue weighted by Crippen LogP contribution is 2.38. The van der Waals surface area contributed by atoms with Gasteiger partial charge in [0.1, 0.15) is 36.2 Å². The summed E-state index contributed by atoms with van der Waals surface area (Å²) in [4.78, 5) is 9.16. The molecule has 0 radical (unpaired) electrons. The third-order valence-electron chi connectivity index (χ3n) is 6.35. The molecule has 2 aliphatic rings.